The normalized spacial score (nSPS) is 10.4. The lowest BCUT2D eigenvalue weighted by Crippen LogP contribution is -2.34. The summed E-state index contributed by atoms with van der Waals surface area (Å²) in [7, 11) is 1.56. The second-order valence-corrected chi connectivity index (χ2v) is 5.91. The van der Waals surface area contributed by atoms with Gasteiger partial charge in [0.1, 0.15) is 5.76 Å². The minimum absolute atomic E-state index is 0.0818. The van der Waals surface area contributed by atoms with E-state index in [4.69, 9.17) is 10.3 Å². The minimum atomic E-state index is -0.347. The van der Waals surface area contributed by atoms with Crippen molar-refractivity contribution >= 4 is 34.7 Å². The average Bonchev–Trinajstić information content (AvgIpc) is 2.95. The lowest BCUT2D eigenvalue weighted by molar-refractivity contribution is -0.116. The molecule has 0 aliphatic heterocycles. The highest BCUT2D eigenvalue weighted by atomic mass is 32.1. The summed E-state index contributed by atoms with van der Waals surface area (Å²) in [6, 6.07) is 3.22. The van der Waals surface area contributed by atoms with Gasteiger partial charge in [0.2, 0.25) is 5.91 Å². The van der Waals surface area contributed by atoms with Gasteiger partial charge in [-0.2, -0.15) is 0 Å². The molecule has 112 valence electrons. The van der Waals surface area contributed by atoms with Crippen LogP contribution in [0, 0.1) is 13.8 Å². The van der Waals surface area contributed by atoms with Crippen molar-refractivity contribution in [2.45, 2.75) is 13.8 Å². The number of aryl methyl sites for hydroxylation is 2. The number of nitrogen functional groups attached to an aromatic ring is 1. The lowest BCUT2D eigenvalue weighted by atomic mass is 10.3. The van der Waals surface area contributed by atoms with E-state index in [-0.39, 0.29) is 18.4 Å². The van der Waals surface area contributed by atoms with Crippen molar-refractivity contribution in [3.63, 3.8) is 0 Å². The van der Waals surface area contributed by atoms with Gasteiger partial charge in [0.15, 0.2) is 5.82 Å². The van der Waals surface area contributed by atoms with Gasteiger partial charge in [-0.25, -0.2) is 0 Å². The van der Waals surface area contributed by atoms with Crippen LogP contribution in [0.4, 0.5) is 11.5 Å². The molecule has 2 heterocycles. The van der Waals surface area contributed by atoms with Gasteiger partial charge in [-0.1, -0.05) is 5.16 Å². The fourth-order valence-corrected chi connectivity index (χ4v) is 2.62. The molecule has 0 bridgehead atoms. The molecule has 3 N–H and O–H groups in total. The smallest absolute Gasteiger partial charge is 0.264 e. The third kappa shape index (κ3) is 3.60. The second-order valence-electron chi connectivity index (χ2n) is 4.65. The molecule has 0 unspecified atom stereocenters. The molecular weight excluding hydrogens is 292 g/mol. The van der Waals surface area contributed by atoms with E-state index in [9.17, 15) is 9.59 Å². The summed E-state index contributed by atoms with van der Waals surface area (Å²) in [4.78, 5) is 26.7. The molecule has 0 fully saturated rings. The molecule has 8 heteroatoms. The van der Waals surface area contributed by atoms with Crippen molar-refractivity contribution in [2.24, 2.45) is 0 Å². The zero-order chi connectivity index (χ0) is 15.6. The topological polar surface area (TPSA) is 101 Å². The molecule has 0 saturated heterocycles. The number of amides is 2. The Balaban J connectivity index is 1.95. The van der Waals surface area contributed by atoms with Crippen LogP contribution in [0.25, 0.3) is 0 Å². The summed E-state index contributed by atoms with van der Waals surface area (Å²) in [6.07, 6.45) is 0. The first-order chi connectivity index (χ1) is 9.86. The summed E-state index contributed by atoms with van der Waals surface area (Å²) >= 11 is 1.31. The number of nitrogens with two attached hydrogens (primary N) is 1. The maximum atomic E-state index is 12.2. The van der Waals surface area contributed by atoms with Crippen molar-refractivity contribution in [3.8, 4) is 0 Å². The number of nitrogens with one attached hydrogen (secondary N) is 1. The molecule has 7 nitrogen and oxygen atoms in total. The fourth-order valence-electron chi connectivity index (χ4n) is 1.68. The van der Waals surface area contributed by atoms with E-state index in [1.165, 1.54) is 16.2 Å². The standard InChI is InChI=1S/C13H16N4O3S/c1-7-4-11(16-20-7)15-12(18)6-17(3)13(19)10-5-9(14)8(2)21-10/h4-5H,6,14H2,1-3H3,(H,15,16,18). The number of hydrogen-bond acceptors (Lipinski definition) is 6. The molecule has 0 radical (unpaired) electrons. The Hall–Kier alpha value is -2.35. The first-order valence-corrected chi connectivity index (χ1v) is 7.03. The molecule has 2 aromatic rings. The predicted molar refractivity (Wildman–Crippen MR) is 80.3 cm³/mol. The highest BCUT2D eigenvalue weighted by molar-refractivity contribution is 7.14. The van der Waals surface area contributed by atoms with E-state index >= 15 is 0 Å². The molecule has 0 spiro atoms. The van der Waals surface area contributed by atoms with E-state index < -0.39 is 0 Å². The Morgan fingerprint density at radius 2 is 2.14 bits per heavy atom. The SMILES string of the molecule is Cc1cc(NC(=O)CN(C)C(=O)c2cc(N)c(C)s2)no1. The summed E-state index contributed by atoms with van der Waals surface area (Å²) in [5.41, 5.74) is 6.31. The highest BCUT2D eigenvalue weighted by Crippen LogP contribution is 2.24. The van der Waals surface area contributed by atoms with Gasteiger partial charge in [0.25, 0.3) is 5.91 Å². The van der Waals surface area contributed by atoms with Crippen LogP contribution in [0.1, 0.15) is 20.3 Å². The number of aromatic nitrogens is 1. The van der Waals surface area contributed by atoms with Crippen molar-refractivity contribution in [1.29, 1.82) is 0 Å². The van der Waals surface area contributed by atoms with Crippen molar-refractivity contribution in [3.05, 3.63) is 27.6 Å². The third-order valence-corrected chi connectivity index (χ3v) is 3.84. The van der Waals surface area contributed by atoms with Crippen molar-refractivity contribution in [2.75, 3.05) is 24.6 Å². The van der Waals surface area contributed by atoms with Crippen LogP contribution in [0.2, 0.25) is 0 Å². The molecule has 21 heavy (non-hydrogen) atoms. The van der Waals surface area contributed by atoms with Gasteiger partial charge in [-0.3, -0.25) is 9.59 Å². The van der Waals surface area contributed by atoms with Crippen LogP contribution < -0.4 is 11.1 Å². The van der Waals surface area contributed by atoms with Gasteiger partial charge in [-0.15, -0.1) is 11.3 Å². The summed E-state index contributed by atoms with van der Waals surface area (Å²) in [5, 5.41) is 6.21. The maximum absolute atomic E-state index is 12.2. The van der Waals surface area contributed by atoms with Crippen molar-refractivity contribution < 1.29 is 14.1 Å². The minimum Gasteiger partial charge on any atom is -0.398 e. The molecule has 0 aliphatic rings. The zero-order valence-electron chi connectivity index (χ0n) is 12.0. The molecule has 2 amide bonds. The van der Waals surface area contributed by atoms with E-state index in [0.717, 1.165) is 4.88 Å². The molecule has 2 rings (SSSR count). The summed E-state index contributed by atoms with van der Waals surface area (Å²) in [6.45, 7) is 3.49. The monoisotopic (exact) mass is 308 g/mol. The average molecular weight is 308 g/mol. The Morgan fingerprint density at radius 1 is 1.43 bits per heavy atom. The zero-order valence-corrected chi connectivity index (χ0v) is 12.8. The first kappa shape index (κ1) is 15.0. The Kier molecular flexibility index (Phi) is 4.27. The van der Waals surface area contributed by atoms with Crippen LogP contribution >= 0.6 is 11.3 Å². The number of nitrogens with zero attached hydrogens (tertiary/aromatic N) is 2. The Labute approximate surface area is 125 Å². The summed E-state index contributed by atoms with van der Waals surface area (Å²) in [5.74, 6) is 0.334. The van der Waals surface area contributed by atoms with Crippen LogP contribution in [-0.4, -0.2) is 35.5 Å². The quantitative estimate of drug-likeness (QED) is 0.894. The molecular formula is C13H16N4O3S. The molecule has 0 saturated carbocycles. The fraction of sp³-hybridized carbons (Fsp3) is 0.308. The molecule has 2 aromatic heterocycles. The highest BCUT2D eigenvalue weighted by Gasteiger charge is 2.18. The van der Waals surface area contributed by atoms with Crippen molar-refractivity contribution in [1.82, 2.24) is 10.1 Å². The third-order valence-electron chi connectivity index (χ3n) is 2.79. The van der Waals surface area contributed by atoms with Gasteiger partial charge >= 0.3 is 0 Å². The van der Waals surface area contributed by atoms with E-state index in [1.54, 1.807) is 26.1 Å². The van der Waals surface area contributed by atoms with Crippen LogP contribution in [0.15, 0.2) is 16.7 Å². The molecule has 0 aromatic carbocycles. The Morgan fingerprint density at radius 3 is 2.67 bits per heavy atom. The molecule has 0 atom stereocenters. The molecule has 0 aliphatic carbocycles. The largest absolute Gasteiger partial charge is 0.398 e. The number of anilines is 2. The predicted octanol–water partition coefficient (Wildman–Crippen LogP) is 1.65. The first-order valence-electron chi connectivity index (χ1n) is 6.21. The van der Waals surface area contributed by atoms with E-state index in [2.05, 4.69) is 10.5 Å². The van der Waals surface area contributed by atoms with Gasteiger partial charge in [-0.05, 0) is 19.9 Å². The number of hydrogen-bond donors (Lipinski definition) is 2. The number of rotatable bonds is 4. The number of thiophene rings is 1. The van der Waals surface area contributed by atoms with E-state index in [0.29, 0.717) is 22.1 Å². The van der Waals surface area contributed by atoms with Crippen LogP contribution in [0.3, 0.4) is 0 Å². The maximum Gasteiger partial charge on any atom is 0.264 e. The van der Waals surface area contributed by atoms with Crippen LogP contribution in [-0.2, 0) is 4.79 Å². The number of carbonyl (C=O) groups is 2. The second kappa shape index (κ2) is 5.96. The van der Waals surface area contributed by atoms with Gasteiger partial charge < -0.3 is 20.5 Å². The lowest BCUT2D eigenvalue weighted by Gasteiger charge is -2.15. The van der Waals surface area contributed by atoms with Gasteiger partial charge in [0, 0.05) is 23.7 Å². The van der Waals surface area contributed by atoms with E-state index in [1.807, 2.05) is 6.92 Å². The Bertz CT molecular complexity index is 657. The number of likely N-dealkylation sites (N-methyl/N-ethyl adjacent to an activating group) is 1. The van der Waals surface area contributed by atoms with Crippen LogP contribution in [0.5, 0.6) is 0 Å². The van der Waals surface area contributed by atoms with Gasteiger partial charge in [0.05, 0.1) is 11.4 Å². The number of carbonyl (C=O) groups excluding carboxylic acids is 2. The summed E-state index contributed by atoms with van der Waals surface area (Å²) < 4.78 is 4.85.